The minimum Gasteiger partial charge on any atom is -0.478 e. The van der Waals surface area contributed by atoms with Gasteiger partial charge in [0.25, 0.3) is 0 Å². The number of hydrogen-bond donors (Lipinski definition) is 1. The molecule has 1 rings (SSSR count). The number of carbonyl (C=O) groups is 3. The van der Waals surface area contributed by atoms with Gasteiger partial charge in [-0.1, -0.05) is 13.2 Å². The second-order valence-electron chi connectivity index (χ2n) is 4.75. The Hall–Kier alpha value is -3.15. The molecule has 120 valence electrons. The quantitative estimate of drug-likeness (QED) is 0.493. The van der Waals surface area contributed by atoms with E-state index in [4.69, 9.17) is 14.6 Å². The van der Waals surface area contributed by atoms with Crippen molar-refractivity contribution in [3.05, 3.63) is 54.1 Å². The van der Waals surface area contributed by atoms with Crippen LogP contribution in [-0.2, 0) is 14.4 Å². The van der Waals surface area contributed by atoms with Crippen LogP contribution in [0.4, 0.5) is 0 Å². The van der Waals surface area contributed by atoms with Gasteiger partial charge in [-0.15, -0.1) is 0 Å². The fourth-order valence-corrected chi connectivity index (χ4v) is 1.36. The van der Waals surface area contributed by atoms with Crippen LogP contribution in [0.1, 0.15) is 19.4 Å². The van der Waals surface area contributed by atoms with E-state index < -0.39 is 17.9 Å². The number of carboxylic acids is 1. The van der Waals surface area contributed by atoms with Gasteiger partial charge in [0.2, 0.25) is 0 Å². The maximum Gasteiger partial charge on any atom is 0.338 e. The highest BCUT2D eigenvalue weighted by Gasteiger charge is 2.11. The topological polar surface area (TPSA) is 89.9 Å². The van der Waals surface area contributed by atoms with E-state index in [1.165, 1.54) is 38.1 Å². The van der Waals surface area contributed by atoms with Gasteiger partial charge in [0.05, 0.1) is 0 Å². The SMILES string of the molecule is C=C(C)C(=O)Oc1cc(C=CC(=O)O)cc(OC(=O)C(=C)C)c1. The van der Waals surface area contributed by atoms with Crippen molar-refractivity contribution in [2.75, 3.05) is 0 Å². The van der Waals surface area contributed by atoms with E-state index in [2.05, 4.69) is 13.2 Å². The number of carbonyl (C=O) groups excluding carboxylic acids is 2. The Morgan fingerprint density at radius 3 is 1.74 bits per heavy atom. The minimum atomic E-state index is -1.14. The Labute approximate surface area is 133 Å². The zero-order valence-electron chi connectivity index (χ0n) is 12.8. The highest BCUT2D eigenvalue weighted by atomic mass is 16.5. The zero-order chi connectivity index (χ0) is 17.6. The molecule has 23 heavy (non-hydrogen) atoms. The number of rotatable bonds is 6. The lowest BCUT2D eigenvalue weighted by atomic mass is 10.2. The van der Waals surface area contributed by atoms with Crippen LogP contribution in [0, 0.1) is 0 Å². The summed E-state index contributed by atoms with van der Waals surface area (Å²) < 4.78 is 10.1. The number of hydrogen-bond acceptors (Lipinski definition) is 5. The van der Waals surface area contributed by atoms with Crippen molar-refractivity contribution in [2.45, 2.75) is 13.8 Å². The first-order valence-corrected chi connectivity index (χ1v) is 6.50. The highest BCUT2D eigenvalue weighted by molar-refractivity contribution is 5.90. The predicted molar refractivity (Wildman–Crippen MR) is 84.0 cm³/mol. The van der Waals surface area contributed by atoms with E-state index in [-0.39, 0.29) is 22.6 Å². The second kappa shape index (κ2) is 7.74. The van der Waals surface area contributed by atoms with Crippen LogP contribution in [0.3, 0.4) is 0 Å². The largest absolute Gasteiger partial charge is 0.478 e. The molecule has 0 spiro atoms. The zero-order valence-corrected chi connectivity index (χ0v) is 12.8. The molecule has 0 radical (unpaired) electrons. The summed E-state index contributed by atoms with van der Waals surface area (Å²) in [5.74, 6) is -2.26. The number of benzene rings is 1. The molecular weight excluding hydrogens is 300 g/mol. The number of esters is 2. The van der Waals surface area contributed by atoms with Gasteiger partial charge in [0.15, 0.2) is 0 Å². The first-order chi connectivity index (χ1) is 10.7. The molecule has 1 N–H and O–H groups in total. The van der Waals surface area contributed by atoms with E-state index in [1.54, 1.807) is 0 Å². The standard InChI is InChI=1S/C17H16O6/c1-10(2)16(20)22-13-7-12(5-6-15(18)19)8-14(9-13)23-17(21)11(3)4/h5-9H,1,3H2,2,4H3,(H,18,19). The summed E-state index contributed by atoms with van der Waals surface area (Å²) in [6.45, 7) is 9.90. The third-order valence-electron chi connectivity index (χ3n) is 2.44. The molecule has 6 heteroatoms. The maximum atomic E-state index is 11.6. The molecule has 0 saturated carbocycles. The van der Waals surface area contributed by atoms with Gasteiger partial charge in [0, 0.05) is 23.3 Å². The Bertz CT molecular complexity index is 666. The van der Waals surface area contributed by atoms with Gasteiger partial charge < -0.3 is 14.6 Å². The molecule has 1 aromatic carbocycles. The van der Waals surface area contributed by atoms with Crippen LogP contribution in [0.15, 0.2) is 48.6 Å². The van der Waals surface area contributed by atoms with Gasteiger partial charge in [-0.3, -0.25) is 0 Å². The molecular formula is C17H16O6. The summed E-state index contributed by atoms with van der Waals surface area (Å²) in [5.41, 5.74) is 0.762. The fraction of sp³-hybridized carbons (Fsp3) is 0.118. The molecule has 0 saturated heterocycles. The third-order valence-corrected chi connectivity index (χ3v) is 2.44. The van der Waals surface area contributed by atoms with Gasteiger partial charge in [-0.25, -0.2) is 14.4 Å². The normalized spacial score (nSPS) is 10.2. The van der Waals surface area contributed by atoms with E-state index in [0.717, 1.165) is 6.08 Å². The van der Waals surface area contributed by atoms with Crippen LogP contribution >= 0.6 is 0 Å². The minimum absolute atomic E-state index is 0.0926. The van der Waals surface area contributed by atoms with E-state index in [1.807, 2.05) is 0 Å². The Morgan fingerprint density at radius 1 is 0.957 bits per heavy atom. The molecule has 0 bridgehead atoms. The van der Waals surface area contributed by atoms with Gasteiger partial charge in [0.1, 0.15) is 11.5 Å². The molecule has 0 aliphatic heterocycles. The van der Waals surface area contributed by atoms with E-state index in [0.29, 0.717) is 5.56 Å². The van der Waals surface area contributed by atoms with E-state index in [9.17, 15) is 14.4 Å². The lowest BCUT2D eigenvalue weighted by Gasteiger charge is -2.09. The molecule has 1 aromatic rings. The summed E-state index contributed by atoms with van der Waals surface area (Å²) in [7, 11) is 0. The molecule has 0 atom stereocenters. The van der Waals surface area contributed by atoms with Crippen molar-refractivity contribution in [3.63, 3.8) is 0 Å². The van der Waals surface area contributed by atoms with Gasteiger partial charge >= 0.3 is 17.9 Å². The summed E-state index contributed by atoms with van der Waals surface area (Å²) >= 11 is 0. The van der Waals surface area contributed by atoms with Crippen molar-refractivity contribution in [1.82, 2.24) is 0 Å². The Balaban J connectivity index is 3.18. The fourth-order valence-electron chi connectivity index (χ4n) is 1.36. The number of aliphatic carboxylic acids is 1. The van der Waals surface area contributed by atoms with Crippen molar-refractivity contribution >= 4 is 24.0 Å². The molecule has 6 nitrogen and oxygen atoms in total. The molecule has 0 aliphatic rings. The molecule has 0 unspecified atom stereocenters. The average Bonchev–Trinajstić information content (AvgIpc) is 2.44. The second-order valence-corrected chi connectivity index (χ2v) is 4.75. The Morgan fingerprint density at radius 2 is 1.39 bits per heavy atom. The lowest BCUT2D eigenvalue weighted by Crippen LogP contribution is -2.10. The summed E-state index contributed by atoms with van der Waals surface area (Å²) in [6, 6.07) is 4.19. The van der Waals surface area contributed by atoms with Gasteiger partial charge in [-0.2, -0.15) is 0 Å². The van der Waals surface area contributed by atoms with Crippen molar-refractivity contribution in [1.29, 1.82) is 0 Å². The summed E-state index contributed by atoms with van der Waals surface area (Å²) in [6.07, 6.45) is 2.18. The number of carboxylic acid groups (broad SMARTS) is 1. The van der Waals surface area contributed by atoms with E-state index >= 15 is 0 Å². The number of ether oxygens (including phenoxy) is 2. The summed E-state index contributed by atoms with van der Waals surface area (Å²) in [5, 5.41) is 8.67. The lowest BCUT2D eigenvalue weighted by molar-refractivity contribution is -0.132. The van der Waals surface area contributed by atoms with Crippen molar-refractivity contribution in [3.8, 4) is 11.5 Å². The molecule has 0 aromatic heterocycles. The third kappa shape index (κ3) is 6.01. The average molecular weight is 316 g/mol. The van der Waals surface area contributed by atoms with Crippen molar-refractivity contribution in [2.24, 2.45) is 0 Å². The molecule has 0 aliphatic carbocycles. The predicted octanol–water partition coefficient (Wildman–Crippen LogP) is 2.75. The smallest absolute Gasteiger partial charge is 0.338 e. The van der Waals surface area contributed by atoms with Crippen LogP contribution in [0.2, 0.25) is 0 Å². The first kappa shape index (κ1) is 17.9. The summed E-state index contributed by atoms with van der Waals surface area (Å²) in [4.78, 5) is 33.7. The molecule has 0 heterocycles. The van der Waals surface area contributed by atoms with Crippen molar-refractivity contribution < 1.29 is 29.0 Å². The first-order valence-electron chi connectivity index (χ1n) is 6.50. The van der Waals surface area contributed by atoms with Crippen LogP contribution in [0.25, 0.3) is 6.08 Å². The van der Waals surface area contributed by atoms with Crippen LogP contribution in [-0.4, -0.2) is 23.0 Å². The molecule has 0 fully saturated rings. The van der Waals surface area contributed by atoms with Crippen LogP contribution in [0.5, 0.6) is 11.5 Å². The monoisotopic (exact) mass is 316 g/mol. The van der Waals surface area contributed by atoms with Crippen LogP contribution < -0.4 is 9.47 Å². The van der Waals surface area contributed by atoms with Gasteiger partial charge in [-0.05, 0) is 37.6 Å². The molecule has 0 amide bonds. The Kier molecular flexibility index (Phi) is 6.03. The highest BCUT2D eigenvalue weighted by Crippen LogP contribution is 2.25. The maximum absolute atomic E-state index is 11.6.